The lowest BCUT2D eigenvalue weighted by Crippen LogP contribution is -2.49. The minimum absolute atomic E-state index is 0.332. The van der Waals surface area contributed by atoms with Gasteiger partial charge in [0.25, 0.3) is 0 Å². The van der Waals surface area contributed by atoms with Crippen molar-refractivity contribution < 1.29 is 4.79 Å². The first-order chi connectivity index (χ1) is 10.2. The standard InChI is InChI=1S/C15H24N4OS/c1-12-10-17-15(21-12)19-7-5-18(6-8-19)14(20)9-13-3-2-4-16-11-13/h10,13,16H,2-9,11H2,1H3. The number of nitrogens with one attached hydrogen (secondary N) is 1. The SMILES string of the molecule is Cc1cnc(N2CCN(C(=O)CC3CCCNC3)CC2)s1. The summed E-state index contributed by atoms with van der Waals surface area (Å²) in [6, 6.07) is 0. The van der Waals surface area contributed by atoms with Gasteiger partial charge in [-0.05, 0) is 38.8 Å². The molecule has 2 fully saturated rings. The molecule has 6 heteroatoms. The molecule has 1 aromatic heterocycles. The van der Waals surface area contributed by atoms with Gasteiger partial charge in [0.2, 0.25) is 5.91 Å². The zero-order valence-corrected chi connectivity index (χ0v) is 13.5. The van der Waals surface area contributed by atoms with E-state index in [1.807, 2.05) is 11.1 Å². The van der Waals surface area contributed by atoms with Crippen LogP contribution >= 0.6 is 11.3 Å². The first-order valence-corrected chi connectivity index (χ1v) is 8.70. The van der Waals surface area contributed by atoms with Crippen LogP contribution in [-0.2, 0) is 4.79 Å². The van der Waals surface area contributed by atoms with E-state index >= 15 is 0 Å². The lowest BCUT2D eigenvalue weighted by Gasteiger charge is -2.35. The minimum Gasteiger partial charge on any atom is -0.345 e. The van der Waals surface area contributed by atoms with Crippen LogP contribution in [0.1, 0.15) is 24.1 Å². The molecule has 0 saturated carbocycles. The Bertz CT molecular complexity index is 476. The molecule has 2 aliphatic rings. The number of piperidine rings is 1. The molecule has 1 unspecified atom stereocenters. The van der Waals surface area contributed by atoms with E-state index < -0.39 is 0 Å². The third kappa shape index (κ3) is 3.74. The van der Waals surface area contributed by atoms with Gasteiger partial charge in [0.15, 0.2) is 5.13 Å². The summed E-state index contributed by atoms with van der Waals surface area (Å²) in [5.41, 5.74) is 0. The summed E-state index contributed by atoms with van der Waals surface area (Å²) < 4.78 is 0. The summed E-state index contributed by atoms with van der Waals surface area (Å²) in [6.45, 7) is 7.66. The molecule has 1 N–H and O–H groups in total. The highest BCUT2D eigenvalue weighted by atomic mass is 32.1. The molecule has 0 bridgehead atoms. The first kappa shape index (κ1) is 14.8. The molecule has 3 rings (SSSR count). The van der Waals surface area contributed by atoms with Crippen LogP contribution in [-0.4, -0.2) is 55.1 Å². The van der Waals surface area contributed by atoms with E-state index in [9.17, 15) is 4.79 Å². The molecule has 116 valence electrons. The van der Waals surface area contributed by atoms with Gasteiger partial charge in [-0.1, -0.05) is 0 Å². The fourth-order valence-corrected chi connectivity index (χ4v) is 3.92. The Morgan fingerprint density at radius 1 is 1.43 bits per heavy atom. The Kier molecular flexibility index (Phi) is 4.75. The van der Waals surface area contributed by atoms with E-state index in [4.69, 9.17) is 0 Å². The number of aromatic nitrogens is 1. The highest BCUT2D eigenvalue weighted by Crippen LogP contribution is 2.23. The first-order valence-electron chi connectivity index (χ1n) is 7.88. The van der Waals surface area contributed by atoms with Gasteiger partial charge < -0.3 is 15.1 Å². The highest BCUT2D eigenvalue weighted by molar-refractivity contribution is 7.15. The molecular formula is C15H24N4OS. The van der Waals surface area contributed by atoms with Crippen LogP contribution in [0.25, 0.3) is 0 Å². The molecule has 1 aromatic rings. The van der Waals surface area contributed by atoms with E-state index in [1.165, 1.54) is 17.7 Å². The van der Waals surface area contributed by atoms with Crippen LogP contribution in [0.3, 0.4) is 0 Å². The van der Waals surface area contributed by atoms with Crippen molar-refractivity contribution in [1.29, 1.82) is 0 Å². The van der Waals surface area contributed by atoms with Crippen molar-refractivity contribution in [2.24, 2.45) is 5.92 Å². The van der Waals surface area contributed by atoms with Crippen LogP contribution in [0.15, 0.2) is 6.20 Å². The average Bonchev–Trinajstić information content (AvgIpc) is 2.95. The van der Waals surface area contributed by atoms with Crippen molar-refractivity contribution >= 4 is 22.4 Å². The molecule has 5 nitrogen and oxygen atoms in total. The van der Waals surface area contributed by atoms with Gasteiger partial charge in [0, 0.05) is 43.7 Å². The second kappa shape index (κ2) is 6.75. The van der Waals surface area contributed by atoms with E-state index in [0.29, 0.717) is 18.2 Å². The largest absolute Gasteiger partial charge is 0.345 e. The smallest absolute Gasteiger partial charge is 0.223 e. The Hall–Kier alpha value is -1.14. The van der Waals surface area contributed by atoms with Gasteiger partial charge in [0.1, 0.15) is 0 Å². The monoisotopic (exact) mass is 308 g/mol. The van der Waals surface area contributed by atoms with Gasteiger partial charge >= 0.3 is 0 Å². The summed E-state index contributed by atoms with van der Waals surface area (Å²) in [5, 5.41) is 4.48. The number of anilines is 1. The number of amides is 1. The van der Waals surface area contributed by atoms with Crippen LogP contribution < -0.4 is 10.2 Å². The third-order valence-electron chi connectivity index (χ3n) is 4.37. The van der Waals surface area contributed by atoms with Crippen LogP contribution in [0.2, 0.25) is 0 Å². The zero-order chi connectivity index (χ0) is 14.7. The van der Waals surface area contributed by atoms with Crippen molar-refractivity contribution in [1.82, 2.24) is 15.2 Å². The zero-order valence-electron chi connectivity index (χ0n) is 12.7. The van der Waals surface area contributed by atoms with Crippen molar-refractivity contribution in [3.8, 4) is 0 Å². The molecule has 2 aliphatic heterocycles. The minimum atomic E-state index is 0.332. The Balaban J connectivity index is 1.47. The average molecular weight is 308 g/mol. The highest BCUT2D eigenvalue weighted by Gasteiger charge is 2.25. The topological polar surface area (TPSA) is 48.5 Å². The molecule has 1 atom stereocenters. The van der Waals surface area contributed by atoms with Gasteiger partial charge in [-0.25, -0.2) is 4.98 Å². The number of carbonyl (C=O) groups excluding carboxylic acids is 1. The molecule has 2 saturated heterocycles. The van der Waals surface area contributed by atoms with Crippen LogP contribution in [0.5, 0.6) is 0 Å². The van der Waals surface area contributed by atoms with E-state index in [0.717, 1.165) is 44.4 Å². The van der Waals surface area contributed by atoms with Gasteiger partial charge in [-0.3, -0.25) is 4.79 Å². The number of aryl methyl sites for hydroxylation is 1. The van der Waals surface area contributed by atoms with Gasteiger partial charge in [-0.15, -0.1) is 11.3 Å². The van der Waals surface area contributed by atoms with Gasteiger partial charge in [0.05, 0.1) is 0 Å². The van der Waals surface area contributed by atoms with Crippen LogP contribution in [0, 0.1) is 12.8 Å². The molecule has 0 spiro atoms. The van der Waals surface area contributed by atoms with Crippen LogP contribution in [0.4, 0.5) is 5.13 Å². The molecular weight excluding hydrogens is 284 g/mol. The predicted molar refractivity (Wildman–Crippen MR) is 85.9 cm³/mol. The fraction of sp³-hybridized carbons (Fsp3) is 0.733. The predicted octanol–water partition coefficient (Wildman–Crippen LogP) is 1.49. The van der Waals surface area contributed by atoms with Crippen molar-refractivity contribution in [2.75, 3.05) is 44.2 Å². The van der Waals surface area contributed by atoms with Crippen molar-refractivity contribution in [2.45, 2.75) is 26.2 Å². The number of nitrogens with zero attached hydrogens (tertiary/aromatic N) is 3. The quantitative estimate of drug-likeness (QED) is 0.919. The van der Waals surface area contributed by atoms with E-state index in [-0.39, 0.29) is 0 Å². The summed E-state index contributed by atoms with van der Waals surface area (Å²) in [7, 11) is 0. The Labute approximate surface area is 130 Å². The fourth-order valence-electron chi connectivity index (χ4n) is 3.11. The maximum atomic E-state index is 12.4. The molecule has 21 heavy (non-hydrogen) atoms. The third-order valence-corrected chi connectivity index (χ3v) is 5.35. The normalized spacial score (nSPS) is 23.4. The molecule has 0 aliphatic carbocycles. The second-order valence-corrected chi connectivity index (χ2v) is 7.25. The number of carbonyl (C=O) groups is 1. The Morgan fingerprint density at radius 3 is 2.86 bits per heavy atom. The number of hydrogen-bond acceptors (Lipinski definition) is 5. The number of hydrogen-bond donors (Lipinski definition) is 1. The summed E-state index contributed by atoms with van der Waals surface area (Å²) in [6.07, 6.45) is 5.03. The number of rotatable bonds is 3. The van der Waals surface area contributed by atoms with E-state index in [1.54, 1.807) is 11.3 Å². The maximum Gasteiger partial charge on any atom is 0.223 e. The summed E-state index contributed by atoms with van der Waals surface area (Å²) in [4.78, 5) is 22.4. The molecule has 1 amide bonds. The lowest BCUT2D eigenvalue weighted by atomic mass is 9.95. The molecule has 0 radical (unpaired) electrons. The summed E-state index contributed by atoms with van der Waals surface area (Å²) >= 11 is 1.74. The number of thiazole rings is 1. The van der Waals surface area contributed by atoms with Crippen molar-refractivity contribution in [3.63, 3.8) is 0 Å². The lowest BCUT2D eigenvalue weighted by molar-refractivity contribution is -0.132. The van der Waals surface area contributed by atoms with Crippen molar-refractivity contribution in [3.05, 3.63) is 11.1 Å². The maximum absolute atomic E-state index is 12.4. The van der Waals surface area contributed by atoms with Gasteiger partial charge in [-0.2, -0.15) is 0 Å². The molecule has 3 heterocycles. The Morgan fingerprint density at radius 2 is 2.24 bits per heavy atom. The summed E-state index contributed by atoms with van der Waals surface area (Å²) in [5.74, 6) is 0.865. The second-order valence-electron chi connectivity index (χ2n) is 6.04. The van der Waals surface area contributed by atoms with E-state index in [2.05, 4.69) is 22.1 Å². The number of piperazine rings is 1. The molecule has 0 aromatic carbocycles.